The minimum atomic E-state index is -2.86. The number of rotatable bonds is 11. The van der Waals surface area contributed by atoms with Crippen LogP contribution in [0.2, 0.25) is 0 Å². The quantitative estimate of drug-likeness (QED) is 0.117. The van der Waals surface area contributed by atoms with Crippen molar-refractivity contribution in [1.82, 2.24) is 35.1 Å². The van der Waals surface area contributed by atoms with Gasteiger partial charge in [-0.2, -0.15) is 0 Å². The van der Waals surface area contributed by atoms with E-state index in [-0.39, 0.29) is 49.6 Å². The van der Waals surface area contributed by atoms with Gasteiger partial charge >= 0.3 is 5.97 Å². The Bertz CT molecular complexity index is 2580. The van der Waals surface area contributed by atoms with Crippen molar-refractivity contribution >= 4 is 40.5 Å². The van der Waals surface area contributed by atoms with Crippen LogP contribution in [0.4, 0.5) is 8.78 Å². The zero-order valence-electron chi connectivity index (χ0n) is 40.4. The van der Waals surface area contributed by atoms with Crippen molar-refractivity contribution < 1.29 is 42.2 Å². The summed E-state index contributed by atoms with van der Waals surface area (Å²) in [5.41, 5.74) is 8.21. The molecule has 0 spiro atoms. The molecule has 364 valence electrons. The molecule has 4 amide bonds. The molecular formula is C52H65F2N7O7. The number of nitrogens with one attached hydrogen (secondary N) is 2. The number of hydrazine groups is 1. The van der Waals surface area contributed by atoms with Crippen LogP contribution in [-0.4, -0.2) is 112 Å². The van der Waals surface area contributed by atoms with Gasteiger partial charge in [0, 0.05) is 80.4 Å². The molecule has 2 N–H and O–H groups in total. The van der Waals surface area contributed by atoms with E-state index in [0.29, 0.717) is 55.5 Å². The van der Waals surface area contributed by atoms with Crippen LogP contribution in [0.3, 0.4) is 0 Å². The molecule has 16 heteroatoms. The Kier molecular flexibility index (Phi) is 15.2. The fourth-order valence-corrected chi connectivity index (χ4v) is 10.1. The van der Waals surface area contributed by atoms with E-state index in [4.69, 9.17) is 14.5 Å². The number of esters is 1. The van der Waals surface area contributed by atoms with Crippen LogP contribution in [0, 0.1) is 17.3 Å². The summed E-state index contributed by atoms with van der Waals surface area (Å²) in [7, 11) is 3.18. The fourth-order valence-electron chi connectivity index (χ4n) is 10.1. The lowest BCUT2D eigenvalue weighted by atomic mass is 9.84. The minimum Gasteiger partial charge on any atom is -0.464 e. The number of pyridine rings is 1. The van der Waals surface area contributed by atoms with Crippen LogP contribution in [-0.2, 0) is 52.8 Å². The Balaban J connectivity index is 1.34. The number of amides is 4. The Morgan fingerprint density at radius 3 is 2.53 bits per heavy atom. The molecule has 2 aromatic carbocycles. The monoisotopic (exact) mass is 937 g/mol. The molecule has 3 aliphatic heterocycles. The van der Waals surface area contributed by atoms with Crippen LogP contribution >= 0.6 is 0 Å². The second kappa shape index (κ2) is 20.7. The highest BCUT2D eigenvalue weighted by Crippen LogP contribution is 2.42. The van der Waals surface area contributed by atoms with Crippen molar-refractivity contribution in [2.45, 2.75) is 111 Å². The fraction of sp³-hybridized carbons (Fsp3) is 0.500. The summed E-state index contributed by atoms with van der Waals surface area (Å²) in [6, 6.07) is 11.2. The summed E-state index contributed by atoms with van der Waals surface area (Å²) in [6.07, 6.45) is 1.29. The maximum absolute atomic E-state index is 15.0. The van der Waals surface area contributed by atoms with Gasteiger partial charge in [-0.3, -0.25) is 34.0 Å². The van der Waals surface area contributed by atoms with Crippen molar-refractivity contribution in [2.24, 2.45) is 17.3 Å². The largest absolute Gasteiger partial charge is 0.464 e. The summed E-state index contributed by atoms with van der Waals surface area (Å²) in [5.74, 6) is -3.28. The van der Waals surface area contributed by atoms with Gasteiger partial charge in [0.05, 0.1) is 30.0 Å². The van der Waals surface area contributed by atoms with E-state index >= 15 is 0 Å². The summed E-state index contributed by atoms with van der Waals surface area (Å²) in [6.45, 7) is 16.6. The number of cyclic esters (lactones) is 1. The van der Waals surface area contributed by atoms with Crippen LogP contribution in [0.1, 0.15) is 95.7 Å². The zero-order chi connectivity index (χ0) is 49.2. The lowest BCUT2D eigenvalue weighted by molar-refractivity contribution is -0.155. The molecule has 2 saturated heterocycles. The van der Waals surface area contributed by atoms with Crippen molar-refractivity contribution in [3.05, 3.63) is 89.8 Å². The molecule has 14 nitrogen and oxygen atoms in total. The van der Waals surface area contributed by atoms with Crippen molar-refractivity contribution in [2.75, 3.05) is 40.4 Å². The molecule has 2 fully saturated rings. The van der Waals surface area contributed by atoms with E-state index in [1.165, 1.54) is 35.2 Å². The molecule has 7 rings (SSSR count). The average molecular weight is 938 g/mol. The third-order valence-electron chi connectivity index (χ3n) is 13.7. The lowest BCUT2D eigenvalue weighted by Crippen LogP contribution is -2.62. The number of nitrogens with zero attached hydrogens (tertiary/aromatic N) is 5. The Morgan fingerprint density at radius 2 is 1.84 bits per heavy atom. The second-order valence-electron chi connectivity index (χ2n) is 19.5. The normalized spacial score (nSPS) is 20.8. The van der Waals surface area contributed by atoms with E-state index in [1.54, 1.807) is 38.1 Å². The first-order valence-corrected chi connectivity index (χ1v) is 23.6. The number of ether oxygens (including phenoxy) is 2. The number of hydrogen-bond donors (Lipinski definition) is 2. The third kappa shape index (κ3) is 10.4. The maximum Gasteiger partial charge on any atom is 0.324 e. The second-order valence-corrected chi connectivity index (χ2v) is 19.5. The molecule has 4 aromatic rings. The van der Waals surface area contributed by atoms with Crippen molar-refractivity contribution in [1.29, 1.82) is 0 Å². The molecular weight excluding hydrogens is 873 g/mol. The maximum atomic E-state index is 15.0. The number of likely N-dealkylation sites (tertiary alicyclic amines) is 1. The van der Waals surface area contributed by atoms with Gasteiger partial charge in [-0.15, -0.1) is 0 Å². The molecule has 0 saturated carbocycles. The molecule has 3 aliphatic rings. The van der Waals surface area contributed by atoms with E-state index in [9.17, 15) is 32.8 Å². The Morgan fingerprint density at radius 1 is 1.07 bits per heavy atom. The van der Waals surface area contributed by atoms with E-state index in [0.717, 1.165) is 33.4 Å². The highest BCUT2D eigenvalue weighted by Gasteiger charge is 2.40. The number of alkyl halides is 2. The van der Waals surface area contributed by atoms with Gasteiger partial charge < -0.3 is 29.2 Å². The molecule has 0 unspecified atom stereocenters. The molecule has 5 atom stereocenters. The van der Waals surface area contributed by atoms with Gasteiger partial charge in [0.1, 0.15) is 18.1 Å². The molecule has 0 radical (unpaired) electrons. The van der Waals surface area contributed by atoms with Crippen LogP contribution in [0.15, 0.2) is 67.4 Å². The number of benzene rings is 2. The first-order valence-electron chi connectivity index (χ1n) is 23.6. The molecule has 6 bridgehead atoms. The number of carbonyl (C=O) groups is 5. The SMILES string of the molecule is C=CC(=O)N1CC[C@H](C(=O)N(C)[C@H](C(=O)N[C@H]2Cc3cc(cc(C(F)F)c3)-c3ccc4c(c3)c(c(-c3cccnc3[C@H](C)OC)n4CC)CC(C)(C)COC(=O)[C@@H]3CCCN(N3)C2=O)C(C)C)C1. The third-order valence-corrected chi connectivity index (χ3v) is 13.7. The first-order chi connectivity index (χ1) is 32.4. The predicted molar refractivity (Wildman–Crippen MR) is 255 cm³/mol. The molecule has 68 heavy (non-hydrogen) atoms. The minimum absolute atomic E-state index is 0.0506. The van der Waals surface area contributed by atoms with Gasteiger partial charge in [0.25, 0.3) is 12.3 Å². The topological polar surface area (TPSA) is 155 Å². The molecule has 5 heterocycles. The van der Waals surface area contributed by atoms with Gasteiger partial charge in [-0.05, 0) is 104 Å². The van der Waals surface area contributed by atoms with Crippen LogP contribution < -0.4 is 10.7 Å². The number of methoxy groups -OCH3 is 1. The highest BCUT2D eigenvalue weighted by atomic mass is 19.3. The van der Waals surface area contributed by atoms with Crippen molar-refractivity contribution in [3.8, 4) is 22.4 Å². The summed E-state index contributed by atoms with van der Waals surface area (Å²) >= 11 is 0. The lowest BCUT2D eigenvalue weighted by Gasteiger charge is -2.37. The highest BCUT2D eigenvalue weighted by molar-refractivity contribution is 5.96. The Hall–Kier alpha value is -6.00. The van der Waals surface area contributed by atoms with Crippen LogP contribution in [0.5, 0.6) is 0 Å². The molecule has 0 aliphatic carbocycles. The van der Waals surface area contributed by atoms with Crippen molar-refractivity contribution in [3.63, 3.8) is 0 Å². The summed E-state index contributed by atoms with van der Waals surface area (Å²) in [5, 5.41) is 5.12. The number of hydrogen-bond acceptors (Lipinski definition) is 9. The number of aryl methyl sites for hydroxylation is 1. The van der Waals surface area contributed by atoms with Gasteiger partial charge in [-0.1, -0.05) is 52.5 Å². The summed E-state index contributed by atoms with van der Waals surface area (Å²) < 4.78 is 44.1. The molecule has 2 aromatic heterocycles. The average Bonchev–Trinajstić information content (AvgIpc) is 3.94. The predicted octanol–water partition coefficient (Wildman–Crippen LogP) is 7.20. The van der Waals surface area contributed by atoms with E-state index < -0.39 is 59.6 Å². The first kappa shape index (κ1) is 49.9. The van der Waals surface area contributed by atoms with E-state index in [1.807, 2.05) is 51.1 Å². The number of fused-ring (bicyclic) bond motifs is 6. The van der Waals surface area contributed by atoms with Gasteiger partial charge in [0.15, 0.2) is 0 Å². The van der Waals surface area contributed by atoms with Gasteiger partial charge in [0.2, 0.25) is 17.7 Å². The standard InChI is InChI=1S/C52H65F2N7O7/c1-10-43(62)59-21-18-34(28-59)49(64)58(8)45(30(3)4)48(63)56-41-24-32-22-35(25-36(23-32)47(53)54)33-16-17-42-38(26-33)39(46(60(42)11-2)37-14-12-19-55-44(37)31(5)67-9)27-52(6,7)29-68-51(66)40-15-13-20-61(57-40)50(41)65/h10,12,14,16-17,19,22-23,25-26,30-31,34,40-41,45,47,57H,1,11,13,15,18,20-21,24,27-29H2,2-9H3,(H,56,63)/t31-,34-,40-,41-,45-/m0/s1. The number of carbonyl (C=O) groups excluding carboxylic acids is 5. The van der Waals surface area contributed by atoms with Crippen LogP contribution in [0.25, 0.3) is 33.3 Å². The number of likely N-dealkylation sites (N-methyl/N-ethyl adjacent to an activating group) is 1. The smallest absolute Gasteiger partial charge is 0.324 e. The zero-order valence-corrected chi connectivity index (χ0v) is 40.4. The Labute approximate surface area is 397 Å². The number of halogens is 2. The van der Waals surface area contributed by atoms with Gasteiger partial charge in [-0.25, -0.2) is 14.2 Å². The summed E-state index contributed by atoms with van der Waals surface area (Å²) in [4.78, 5) is 77.2. The number of aromatic nitrogens is 2. The van der Waals surface area contributed by atoms with E-state index in [2.05, 4.69) is 28.8 Å².